The van der Waals surface area contributed by atoms with Crippen molar-refractivity contribution in [3.8, 4) is 0 Å². The van der Waals surface area contributed by atoms with Crippen molar-refractivity contribution in [3.05, 3.63) is 83.2 Å². The molecule has 0 spiro atoms. The molecule has 1 atom stereocenters. The number of nitrogens with zero attached hydrogens (tertiary/aromatic N) is 5. The summed E-state index contributed by atoms with van der Waals surface area (Å²) in [6, 6.07) is 4.78. The number of carbonyl (C=O) groups excluding carboxylic acids is 2. The maximum atomic E-state index is 14.0. The average Bonchev–Trinajstić information content (AvgIpc) is 3.35. The van der Waals surface area contributed by atoms with Crippen molar-refractivity contribution < 1.29 is 19.1 Å². The maximum Gasteiger partial charge on any atom is 0.295 e. The molecule has 0 saturated carbocycles. The van der Waals surface area contributed by atoms with Crippen molar-refractivity contribution in [1.82, 2.24) is 24.4 Å². The molecule has 1 aliphatic heterocycles. The van der Waals surface area contributed by atoms with Crippen LogP contribution in [0.2, 0.25) is 0 Å². The summed E-state index contributed by atoms with van der Waals surface area (Å²) in [5.41, 5.74) is 1.03. The zero-order valence-electron chi connectivity index (χ0n) is 17.7. The second kappa shape index (κ2) is 8.70. The number of imidazole rings is 1. The standard InChI is InChI=1S/C23H22FN5O3/c1-14-18(12-26-15(2)27-14)21(30)19-20(16-5-3-6-17(24)11-16)29(23(32)22(19)31)9-4-8-28-10-7-25-13-28/h3,5-7,10-13,20,30H,4,8-9H2,1-2H3/t20-/m1/s1. The van der Waals surface area contributed by atoms with Crippen LogP contribution in [0.1, 0.15) is 35.1 Å². The van der Waals surface area contributed by atoms with Gasteiger partial charge in [-0.3, -0.25) is 9.59 Å². The summed E-state index contributed by atoms with van der Waals surface area (Å²) in [5, 5.41) is 11.1. The largest absolute Gasteiger partial charge is 0.507 e. The monoisotopic (exact) mass is 435 g/mol. The molecule has 1 saturated heterocycles. The summed E-state index contributed by atoms with van der Waals surface area (Å²) >= 11 is 0. The molecule has 3 heterocycles. The number of aryl methyl sites for hydroxylation is 3. The molecule has 1 aromatic carbocycles. The molecule has 0 unspecified atom stereocenters. The lowest BCUT2D eigenvalue weighted by Gasteiger charge is -2.25. The topological polar surface area (TPSA) is 101 Å². The average molecular weight is 435 g/mol. The van der Waals surface area contributed by atoms with Gasteiger partial charge in [-0.25, -0.2) is 19.3 Å². The molecule has 0 bridgehead atoms. The van der Waals surface area contributed by atoms with E-state index in [-0.39, 0.29) is 23.4 Å². The number of aliphatic hydroxyl groups is 1. The number of aromatic nitrogens is 4. The molecule has 8 nitrogen and oxygen atoms in total. The number of ketones is 1. The molecule has 9 heteroatoms. The SMILES string of the molecule is Cc1ncc(C(O)=C2C(=O)C(=O)N(CCCn3ccnc3)[C@@H]2c2cccc(F)c2)c(C)n1. The van der Waals surface area contributed by atoms with Gasteiger partial charge in [0.1, 0.15) is 17.4 Å². The van der Waals surface area contributed by atoms with Crippen molar-refractivity contribution in [2.75, 3.05) is 6.54 Å². The third-order valence-electron chi connectivity index (χ3n) is 5.43. The number of halogens is 1. The van der Waals surface area contributed by atoms with E-state index >= 15 is 0 Å². The first-order valence-electron chi connectivity index (χ1n) is 10.2. The van der Waals surface area contributed by atoms with Crippen LogP contribution in [0.15, 0.2) is 54.8 Å². The van der Waals surface area contributed by atoms with Gasteiger partial charge in [-0.1, -0.05) is 12.1 Å². The lowest BCUT2D eigenvalue weighted by atomic mass is 9.95. The highest BCUT2D eigenvalue weighted by atomic mass is 19.1. The zero-order chi connectivity index (χ0) is 22.8. The van der Waals surface area contributed by atoms with Crippen LogP contribution in [0.25, 0.3) is 5.76 Å². The first kappa shape index (κ1) is 21.4. The Kier molecular flexibility index (Phi) is 5.81. The van der Waals surface area contributed by atoms with E-state index in [1.165, 1.54) is 29.3 Å². The summed E-state index contributed by atoms with van der Waals surface area (Å²) in [6.45, 7) is 4.22. The third-order valence-corrected chi connectivity index (χ3v) is 5.43. The van der Waals surface area contributed by atoms with Crippen molar-refractivity contribution in [3.63, 3.8) is 0 Å². The lowest BCUT2D eigenvalue weighted by molar-refractivity contribution is -0.139. The molecule has 3 aromatic rings. The highest BCUT2D eigenvalue weighted by Gasteiger charge is 2.46. The fourth-order valence-corrected chi connectivity index (χ4v) is 3.94. The quantitative estimate of drug-likeness (QED) is 0.363. The van der Waals surface area contributed by atoms with Crippen LogP contribution in [-0.2, 0) is 16.1 Å². The summed E-state index contributed by atoms with van der Waals surface area (Å²) in [5.74, 6) is -1.91. The van der Waals surface area contributed by atoms with Crippen LogP contribution < -0.4 is 0 Å². The number of rotatable bonds is 6. The third kappa shape index (κ3) is 4.01. The normalized spacial score (nSPS) is 17.8. The summed E-state index contributed by atoms with van der Waals surface area (Å²) in [4.78, 5) is 39.7. The first-order valence-corrected chi connectivity index (χ1v) is 10.2. The van der Waals surface area contributed by atoms with E-state index < -0.39 is 23.5 Å². The number of Topliss-reactive ketones (excluding diaryl/α,β-unsaturated/α-hetero) is 1. The molecule has 1 amide bonds. The number of aliphatic hydroxyl groups excluding tert-OH is 1. The van der Waals surface area contributed by atoms with Gasteiger partial charge >= 0.3 is 0 Å². The fourth-order valence-electron chi connectivity index (χ4n) is 3.94. The van der Waals surface area contributed by atoms with E-state index in [2.05, 4.69) is 15.0 Å². The van der Waals surface area contributed by atoms with Crippen molar-refractivity contribution in [1.29, 1.82) is 0 Å². The molecule has 1 aliphatic rings. The van der Waals surface area contributed by atoms with Crippen molar-refractivity contribution >= 4 is 17.4 Å². The van der Waals surface area contributed by atoms with Gasteiger partial charge < -0.3 is 14.6 Å². The number of hydrogen-bond acceptors (Lipinski definition) is 6. The minimum absolute atomic E-state index is 0.0983. The maximum absolute atomic E-state index is 14.0. The van der Waals surface area contributed by atoms with E-state index in [0.29, 0.717) is 30.0 Å². The smallest absolute Gasteiger partial charge is 0.295 e. The van der Waals surface area contributed by atoms with Crippen LogP contribution in [0.3, 0.4) is 0 Å². The Morgan fingerprint density at radius 1 is 1.22 bits per heavy atom. The minimum atomic E-state index is -0.922. The lowest BCUT2D eigenvalue weighted by Crippen LogP contribution is -2.31. The summed E-state index contributed by atoms with van der Waals surface area (Å²) in [7, 11) is 0. The molecule has 1 N–H and O–H groups in total. The van der Waals surface area contributed by atoms with Gasteiger partial charge in [0, 0.05) is 31.7 Å². The highest BCUT2D eigenvalue weighted by molar-refractivity contribution is 6.46. The van der Waals surface area contributed by atoms with Crippen LogP contribution in [-0.4, -0.2) is 47.8 Å². The molecule has 164 valence electrons. The fraction of sp³-hybridized carbons (Fsp3) is 0.261. The van der Waals surface area contributed by atoms with E-state index in [0.717, 1.165) is 0 Å². The van der Waals surface area contributed by atoms with Crippen LogP contribution in [0.5, 0.6) is 0 Å². The molecule has 2 aromatic heterocycles. The number of benzene rings is 1. The van der Waals surface area contributed by atoms with Gasteiger partial charge in [0.05, 0.1) is 29.2 Å². The van der Waals surface area contributed by atoms with E-state index in [1.54, 1.807) is 38.6 Å². The number of amides is 1. The van der Waals surface area contributed by atoms with Crippen LogP contribution >= 0.6 is 0 Å². The second-order valence-electron chi connectivity index (χ2n) is 7.62. The molecule has 32 heavy (non-hydrogen) atoms. The van der Waals surface area contributed by atoms with E-state index in [9.17, 15) is 19.1 Å². The molecule has 4 rings (SSSR count). The predicted molar refractivity (Wildman–Crippen MR) is 114 cm³/mol. The predicted octanol–water partition coefficient (Wildman–Crippen LogP) is 2.94. The number of hydrogen-bond donors (Lipinski definition) is 1. The summed E-state index contributed by atoms with van der Waals surface area (Å²) < 4.78 is 15.9. The Bertz CT molecular complexity index is 1210. The minimum Gasteiger partial charge on any atom is -0.507 e. The number of likely N-dealkylation sites (tertiary alicyclic amines) is 1. The Hall–Kier alpha value is -3.88. The van der Waals surface area contributed by atoms with Gasteiger partial charge in [0.2, 0.25) is 0 Å². The van der Waals surface area contributed by atoms with Gasteiger partial charge in [-0.05, 0) is 38.0 Å². The molecular formula is C23H22FN5O3. The van der Waals surface area contributed by atoms with Gasteiger partial charge in [0.25, 0.3) is 11.7 Å². The highest BCUT2D eigenvalue weighted by Crippen LogP contribution is 2.39. The van der Waals surface area contributed by atoms with Crippen molar-refractivity contribution in [2.45, 2.75) is 32.9 Å². The second-order valence-corrected chi connectivity index (χ2v) is 7.62. The Balaban J connectivity index is 1.76. The zero-order valence-corrected chi connectivity index (χ0v) is 17.7. The number of carbonyl (C=O) groups is 2. The van der Waals surface area contributed by atoms with Crippen molar-refractivity contribution in [2.24, 2.45) is 0 Å². The van der Waals surface area contributed by atoms with Gasteiger partial charge in [0.15, 0.2) is 0 Å². The van der Waals surface area contributed by atoms with Gasteiger partial charge in [-0.2, -0.15) is 0 Å². The first-order chi connectivity index (χ1) is 15.4. The van der Waals surface area contributed by atoms with Crippen LogP contribution in [0, 0.1) is 19.7 Å². The van der Waals surface area contributed by atoms with E-state index in [4.69, 9.17) is 0 Å². The molecule has 1 fully saturated rings. The molecule has 0 aliphatic carbocycles. The van der Waals surface area contributed by atoms with E-state index in [1.807, 2.05) is 4.57 Å². The Labute approximate surface area is 184 Å². The van der Waals surface area contributed by atoms with Crippen LogP contribution in [0.4, 0.5) is 4.39 Å². The summed E-state index contributed by atoms with van der Waals surface area (Å²) in [6.07, 6.45) is 7.09. The molecule has 0 radical (unpaired) electrons. The Morgan fingerprint density at radius 3 is 2.72 bits per heavy atom. The Morgan fingerprint density at radius 2 is 2.03 bits per heavy atom. The van der Waals surface area contributed by atoms with Gasteiger partial charge in [-0.15, -0.1) is 0 Å². The molecular weight excluding hydrogens is 413 g/mol.